The van der Waals surface area contributed by atoms with Gasteiger partial charge in [0.1, 0.15) is 0 Å². The minimum Gasteiger partial charge on any atom is -0.481 e. The highest BCUT2D eigenvalue weighted by molar-refractivity contribution is 7.12. The van der Waals surface area contributed by atoms with Crippen LogP contribution in [0.25, 0.3) is 0 Å². The van der Waals surface area contributed by atoms with Crippen molar-refractivity contribution >= 4 is 28.9 Å². The van der Waals surface area contributed by atoms with Crippen molar-refractivity contribution in [1.29, 1.82) is 0 Å². The number of rotatable bonds is 6. The van der Waals surface area contributed by atoms with Gasteiger partial charge in [-0.25, -0.2) is 0 Å². The fraction of sp³-hybridized carbons (Fsp3) is 0.300. The van der Waals surface area contributed by atoms with Crippen LogP contribution < -0.4 is 5.32 Å². The van der Waals surface area contributed by atoms with Crippen molar-refractivity contribution < 1.29 is 9.90 Å². The van der Waals surface area contributed by atoms with E-state index in [-0.39, 0.29) is 6.42 Å². The molecular formula is C10H12ClNO2S. The van der Waals surface area contributed by atoms with Crippen LogP contribution in [0.3, 0.4) is 0 Å². The number of aliphatic carboxylic acids is 1. The van der Waals surface area contributed by atoms with E-state index in [2.05, 4.69) is 11.9 Å². The molecule has 0 saturated heterocycles. The molecule has 0 saturated carbocycles. The minimum atomic E-state index is -0.800. The summed E-state index contributed by atoms with van der Waals surface area (Å²) in [6.45, 7) is 4.81. The minimum absolute atomic E-state index is 0.0902. The van der Waals surface area contributed by atoms with Crippen molar-refractivity contribution in [2.75, 3.05) is 6.54 Å². The Hall–Kier alpha value is -0.840. The molecule has 1 heterocycles. The van der Waals surface area contributed by atoms with E-state index in [1.54, 1.807) is 0 Å². The summed E-state index contributed by atoms with van der Waals surface area (Å²) in [5.74, 6) is -0.800. The number of nitrogens with one attached hydrogen (secondary N) is 1. The third-order valence-corrected chi connectivity index (χ3v) is 2.88. The van der Waals surface area contributed by atoms with Gasteiger partial charge < -0.3 is 10.4 Å². The van der Waals surface area contributed by atoms with Crippen LogP contribution in [0.4, 0.5) is 0 Å². The first-order chi connectivity index (χ1) is 7.08. The Balaban J connectivity index is 2.39. The van der Waals surface area contributed by atoms with Gasteiger partial charge in [0, 0.05) is 27.9 Å². The van der Waals surface area contributed by atoms with Crippen LogP contribution in [0, 0.1) is 0 Å². The lowest BCUT2D eigenvalue weighted by Crippen LogP contribution is -2.13. The van der Waals surface area contributed by atoms with Crippen molar-refractivity contribution in [3.8, 4) is 0 Å². The van der Waals surface area contributed by atoms with Gasteiger partial charge in [-0.05, 0) is 12.1 Å². The zero-order valence-electron chi connectivity index (χ0n) is 8.12. The van der Waals surface area contributed by atoms with E-state index in [0.717, 1.165) is 9.75 Å². The molecule has 0 amide bonds. The molecule has 2 N–H and O–H groups in total. The van der Waals surface area contributed by atoms with Crippen LogP contribution in [0.5, 0.6) is 0 Å². The first kappa shape index (κ1) is 12.2. The molecule has 1 rings (SSSR count). The standard InChI is InChI=1S/C10H12ClNO2S/c1-7(11)5-12-6-9-3-2-8(15-9)4-10(13)14/h2-3,12H,1,4-6H2,(H,13,14). The molecule has 0 fully saturated rings. The van der Waals surface area contributed by atoms with Crippen LogP contribution in [-0.2, 0) is 17.8 Å². The summed E-state index contributed by atoms with van der Waals surface area (Å²) in [7, 11) is 0. The molecule has 82 valence electrons. The molecule has 15 heavy (non-hydrogen) atoms. The second-order valence-corrected chi connectivity index (χ2v) is 4.85. The van der Waals surface area contributed by atoms with E-state index in [0.29, 0.717) is 18.1 Å². The van der Waals surface area contributed by atoms with E-state index >= 15 is 0 Å². The molecule has 5 heteroatoms. The summed E-state index contributed by atoms with van der Waals surface area (Å²) in [6.07, 6.45) is 0.0902. The highest BCUT2D eigenvalue weighted by Crippen LogP contribution is 2.16. The first-order valence-electron chi connectivity index (χ1n) is 4.41. The summed E-state index contributed by atoms with van der Waals surface area (Å²) >= 11 is 7.08. The maximum Gasteiger partial charge on any atom is 0.308 e. The van der Waals surface area contributed by atoms with Crippen LogP contribution in [0.15, 0.2) is 23.7 Å². The highest BCUT2D eigenvalue weighted by atomic mass is 35.5. The van der Waals surface area contributed by atoms with E-state index < -0.39 is 5.97 Å². The predicted octanol–water partition coefficient (Wildman–Crippen LogP) is 2.22. The molecule has 0 radical (unpaired) electrons. The van der Waals surface area contributed by atoms with Gasteiger partial charge >= 0.3 is 5.97 Å². The zero-order chi connectivity index (χ0) is 11.3. The van der Waals surface area contributed by atoms with Gasteiger partial charge in [0.05, 0.1) is 6.42 Å². The topological polar surface area (TPSA) is 49.3 Å². The lowest BCUT2D eigenvalue weighted by Gasteiger charge is -1.99. The number of hydrogen-bond donors (Lipinski definition) is 2. The van der Waals surface area contributed by atoms with Crippen LogP contribution in [0.1, 0.15) is 9.75 Å². The number of carbonyl (C=O) groups is 1. The summed E-state index contributed by atoms with van der Waals surface area (Å²) < 4.78 is 0. The summed E-state index contributed by atoms with van der Waals surface area (Å²) in [6, 6.07) is 3.76. The quantitative estimate of drug-likeness (QED) is 0.808. The van der Waals surface area contributed by atoms with Crippen molar-refractivity contribution in [2.45, 2.75) is 13.0 Å². The van der Waals surface area contributed by atoms with Crippen molar-refractivity contribution in [3.63, 3.8) is 0 Å². The van der Waals surface area contributed by atoms with Gasteiger partial charge in [0.2, 0.25) is 0 Å². The highest BCUT2D eigenvalue weighted by Gasteiger charge is 2.04. The number of carboxylic acids is 1. The second-order valence-electron chi connectivity index (χ2n) is 3.06. The maximum atomic E-state index is 10.4. The van der Waals surface area contributed by atoms with Gasteiger partial charge in [-0.2, -0.15) is 0 Å². The van der Waals surface area contributed by atoms with Gasteiger partial charge in [-0.15, -0.1) is 11.3 Å². The average molecular weight is 246 g/mol. The molecule has 0 aromatic carbocycles. The Kier molecular flexibility index (Phi) is 4.81. The monoisotopic (exact) mass is 245 g/mol. The number of thiophene rings is 1. The van der Waals surface area contributed by atoms with Crippen LogP contribution in [-0.4, -0.2) is 17.6 Å². The molecule has 0 aliphatic heterocycles. The normalized spacial score (nSPS) is 10.2. The molecular weight excluding hydrogens is 234 g/mol. The van der Waals surface area contributed by atoms with Gasteiger partial charge in [0.15, 0.2) is 0 Å². The van der Waals surface area contributed by atoms with E-state index in [9.17, 15) is 4.79 Å². The van der Waals surface area contributed by atoms with Crippen LogP contribution >= 0.6 is 22.9 Å². The fourth-order valence-corrected chi connectivity index (χ4v) is 2.16. The lowest BCUT2D eigenvalue weighted by atomic mass is 10.3. The molecule has 0 unspecified atom stereocenters. The number of hydrogen-bond acceptors (Lipinski definition) is 3. The van der Waals surface area contributed by atoms with Crippen LogP contribution in [0.2, 0.25) is 0 Å². The molecule has 3 nitrogen and oxygen atoms in total. The van der Waals surface area contributed by atoms with Crippen molar-refractivity contribution in [1.82, 2.24) is 5.32 Å². The largest absolute Gasteiger partial charge is 0.481 e. The summed E-state index contributed by atoms with van der Waals surface area (Å²) in [4.78, 5) is 12.4. The first-order valence-corrected chi connectivity index (χ1v) is 5.60. The smallest absolute Gasteiger partial charge is 0.308 e. The SMILES string of the molecule is C=C(Cl)CNCc1ccc(CC(=O)O)s1. The van der Waals surface area contributed by atoms with Gasteiger partial charge in [0.25, 0.3) is 0 Å². The predicted molar refractivity (Wildman–Crippen MR) is 62.4 cm³/mol. The van der Waals surface area contributed by atoms with E-state index in [1.807, 2.05) is 12.1 Å². The zero-order valence-corrected chi connectivity index (χ0v) is 9.70. The average Bonchev–Trinajstić information content (AvgIpc) is 2.50. The lowest BCUT2D eigenvalue weighted by molar-refractivity contribution is -0.136. The Labute approximate surface area is 97.4 Å². The molecule has 1 aromatic rings. The molecule has 0 spiro atoms. The summed E-state index contributed by atoms with van der Waals surface area (Å²) in [5, 5.41) is 12.3. The van der Waals surface area contributed by atoms with E-state index in [4.69, 9.17) is 16.7 Å². The van der Waals surface area contributed by atoms with Gasteiger partial charge in [-0.1, -0.05) is 18.2 Å². The fourth-order valence-electron chi connectivity index (χ4n) is 1.08. The third kappa shape index (κ3) is 4.97. The third-order valence-electron chi connectivity index (χ3n) is 1.66. The Bertz CT molecular complexity index is 362. The number of carboxylic acid groups (broad SMARTS) is 1. The Morgan fingerprint density at radius 1 is 1.53 bits per heavy atom. The van der Waals surface area contributed by atoms with E-state index in [1.165, 1.54) is 11.3 Å². The number of halogens is 1. The molecule has 0 aliphatic carbocycles. The summed E-state index contributed by atoms with van der Waals surface area (Å²) in [5.41, 5.74) is 0. The maximum absolute atomic E-state index is 10.4. The molecule has 1 aromatic heterocycles. The Morgan fingerprint density at radius 2 is 2.20 bits per heavy atom. The second kappa shape index (κ2) is 5.90. The molecule has 0 bridgehead atoms. The van der Waals surface area contributed by atoms with Crippen molar-refractivity contribution in [3.05, 3.63) is 33.5 Å². The molecule has 0 aliphatic rings. The Morgan fingerprint density at radius 3 is 2.80 bits per heavy atom. The van der Waals surface area contributed by atoms with Crippen molar-refractivity contribution in [2.24, 2.45) is 0 Å². The van der Waals surface area contributed by atoms with Gasteiger partial charge in [-0.3, -0.25) is 4.79 Å². The molecule has 0 atom stereocenters.